The number of anilines is 2. The van der Waals surface area contributed by atoms with Gasteiger partial charge in [-0.1, -0.05) is 19.1 Å². The Labute approximate surface area is 121 Å². The highest BCUT2D eigenvalue weighted by atomic mass is 32.2. The highest BCUT2D eigenvalue weighted by Crippen LogP contribution is 2.28. The van der Waals surface area contributed by atoms with Crippen LogP contribution in [0.15, 0.2) is 24.3 Å². The molecule has 1 saturated heterocycles. The summed E-state index contributed by atoms with van der Waals surface area (Å²) in [5.74, 6) is 0.596. The van der Waals surface area contributed by atoms with Crippen molar-refractivity contribution >= 4 is 21.6 Å². The van der Waals surface area contributed by atoms with Crippen LogP contribution in [0.3, 0.4) is 0 Å². The van der Waals surface area contributed by atoms with Gasteiger partial charge in [-0.25, -0.2) is 0 Å². The smallest absolute Gasteiger partial charge is 0.304 e. The summed E-state index contributed by atoms with van der Waals surface area (Å²) >= 11 is 0. The van der Waals surface area contributed by atoms with Gasteiger partial charge in [-0.15, -0.1) is 0 Å². The van der Waals surface area contributed by atoms with Crippen molar-refractivity contribution in [3.63, 3.8) is 0 Å². The van der Waals surface area contributed by atoms with E-state index in [2.05, 4.69) is 6.92 Å². The first kappa shape index (κ1) is 15.1. The summed E-state index contributed by atoms with van der Waals surface area (Å²) in [6, 6.07) is 7.10. The third-order valence-electron chi connectivity index (χ3n) is 3.84. The van der Waals surface area contributed by atoms with Gasteiger partial charge in [-0.3, -0.25) is 4.31 Å². The number of piperidine rings is 1. The van der Waals surface area contributed by atoms with E-state index in [4.69, 9.17) is 5.73 Å². The second-order valence-electron chi connectivity index (χ2n) is 5.31. The zero-order valence-corrected chi connectivity index (χ0v) is 12.9. The Morgan fingerprint density at radius 2 is 1.90 bits per heavy atom. The van der Waals surface area contributed by atoms with Crippen LogP contribution in [0.25, 0.3) is 0 Å². The van der Waals surface area contributed by atoms with E-state index in [1.807, 2.05) is 19.1 Å². The molecule has 1 aromatic carbocycles. The Hall–Kier alpha value is -1.27. The van der Waals surface area contributed by atoms with Crippen LogP contribution in [0.1, 0.15) is 26.7 Å². The molecule has 1 fully saturated rings. The number of hydrogen-bond acceptors (Lipinski definition) is 3. The fourth-order valence-corrected chi connectivity index (χ4v) is 4.22. The predicted octanol–water partition coefficient (Wildman–Crippen LogP) is 2.07. The summed E-state index contributed by atoms with van der Waals surface area (Å²) in [5.41, 5.74) is 6.97. The second-order valence-corrected chi connectivity index (χ2v) is 7.17. The average Bonchev–Trinajstić information content (AvgIpc) is 2.42. The molecule has 0 amide bonds. The van der Waals surface area contributed by atoms with E-state index >= 15 is 0 Å². The molecule has 0 unspecified atom stereocenters. The molecular weight excluding hydrogens is 274 g/mol. The molecule has 1 aliphatic rings. The first-order valence-electron chi connectivity index (χ1n) is 7.09. The number of rotatable bonds is 4. The van der Waals surface area contributed by atoms with Gasteiger partial charge >= 0.3 is 10.2 Å². The average molecular weight is 297 g/mol. The molecular formula is C14H23N3O2S. The van der Waals surface area contributed by atoms with Crippen molar-refractivity contribution in [2.24, 2.45) is 5.92 Å². The molecule has 0 radical (unpaired) electrons. The summed E-state index contributed by atoms with van der Waals surface area (Å²) < 4.78 is 28.5. The largest absolute Gasteiger partial charge is 0.397 e. The van der Waals surface area contributed by atoms with Gasteiger partial charge in [-0.2, -0.15) is 12.7 Å². The van der Waals surface area contributed by atoms with Gasteiger partial charge < -0.3 is 5.73 Å². The van der Waals surface area contributed by atoms with Gasteiger partial charge in [0.25, 0.3) is 0 Å². The van der Waals surface area contributed by atoms with Crippen LogP contribution in [0.2, 0.25) is 0 Å². The lowest BCUT2D eigenvalue weighted by atomic mass is 10.0. The third-order valence-corrected chi connectivity index (χ3v) is 5.87. The van der Waals surface area contributed by atoms with Crippen LogP contribution in [0, 0.1) is 5.92 Å². The van der Waals surface area contributed by atoms with Crippen LogP contribution in [0.5, 0.6) is 0 Å². The molecule has 0 spiro atoms. The van der Waals surface area contributed by atoms with E-state index in [-0.39, 0.29) is 0 Å². The van der Waals surface area contributed by atoms with E-state index in [1.165, 1.54) is 4.31 Å². The van der Waals surface area contributed by atoms with Crippen molar-refractivity contribution < 1.29 is 8.42 Å². The van der Waals surface area contributed by atoms with Crippen LogP contribution >= 0.6 is 0 Å². The van der Waals surface area contributed by atoms with Crippen molar-refractivity contribution in [2.45, 2.75) is 26.7 Å². The SMILES string of the molecule is CCN(c1ccccc1N)S(=O)(=O)N1CCC(C)CC1. The predicted molar refractivity (Wildman–Crippen MR) is 82.8 cm³/mol. The quantitative estimate of drug-likeness (QED) is 0.865. The number of nitrogen functional groups attached to an aromatic ring is 1. The molecule has 20 heavy (non-hydrogen) atoms. The molecule has 6 heteroatoms. The first-order chi connectivity index (χ1) is 9.46. The van der Waals surface area contributed by atoms with Crippen molar-refractivity contribution in [3.8, 4) is 0 Å². The van der Waals surface area contributed by atoms with E-state index < -0.39 is 10.2 Å². The molecule has 112 valence electrons. The number of hydrogen-bond donors (Lipinski definition) is 1. The lowest BCUT2D eigenvalue weighted by molar-refractivity contribution is 0.287. The normalized spacial score (nSPS) is 18.1. The van der Waals surface area contributed by atoms with Gasteiger partial charge in [0.15, 0.2) is 0 Å². The van der Waals surface area contributed by atoms with Crippen molar-refractivity contribution in [1.29, 1.82) is 0 Å². The summed E-state index contributed by atoms with van der Waals surface area (Å²) in [6.07, 6.45) is 1.84. The van der Waals surface area contributed by atoms with Gasteiger partial charge in [0.05, 0.1) is 11.4 Å². The highest BCUT2D eigenvalue weighted by molar-refractivity contribution is 7.90. The maximum Gasteiger partial charge on any atom is 0.304 e. The lowest BCUT2D eigenvalue weighted by Gasteiger charge is -2.34. The molecule has 0 aromatic heterocycles. The third kappa shape index (κ3) is 2.91. The molecule has 5 nitrogen and oxygen atoms in total. The van der Waals surface area contributed by atoms with E-state index in [0.29, 0.717) is 36.9 Å². The van der Waals surface area contributed by atoms with Gasteiger partial charge in [0, 0.05) is 19.6 Å². The van der Waals surface area contributed by atoms with Crippen LogP contribution in [-0.4, -0.2) is 32.4 Å². The van der Waals surface area contributed by atoms with Crippen LogP contribution in [0.4, 0.5) is 11.4 Å². The molecule has 0 saturated carbocycles. The maximum absolute atomic E-state index is 12.8. The Balaban J connectivity index is 2.29. The Morgan fingerprint density at radius 1 is 1.30 bits per heavy atom. The summed E-state index contributed by atoms with van der Waals surface area (Å²) in [4.78, 5) is 0. The number of nitrogens with zero attached hydrogens (tertiary/aromatic N) is 2. The molecule has 1 heterocycles. The molecule has 1 aliphatic heterocycles. The fraction of sp³-hybridized carbons (Fsp3) is 0.571. The molecule has 0 aliphatic carbocycles. The lowest BCUT2D eigenvalue weighted by Crippen LogP contribution is -2.47. The summed E-state index contributed by atoms with van der Waals surface area (Å²) in [7, 11) is -3.49. The van der Waals surface area contributed by atoms with Crippen molar-refractivity contribution in [1.82, 2.24) is 4.31 Å². The zero-order chi connectivity index (χ0) is 14.8. The van der Waals surface area contributed by atoms with E-state index in [0.717, 1.165) is 12.8 Å². The number of benzene rings is 1. The van der Waals surface area contributed by atoms with Crippen molar-refractivity contribution in [3.05, 3.63) is 24.3 Å². The Kier molecular flexibility index (Phi) is 4.55. The number of para-hydroxylation sites is 2. The first-order valence-corrected chi connectivity index (χ1v) is 8.48. The Bertz CT molecular complexity index is 551. The Morgan fingerprint density at radius 3 is 2.45 bits per heavy atom. The number of nitrogens with two attached hydrogens (primary N) is 1. The van der Waals surface area contributed by atoms with Gasteiger partial charge in [0.2, 0.25) is 0 Å². The van der Waals surface area contributed by atoms with Crippen LogP contribution in [-0.2, 0) is 10.2 Å². The van der Waals surface area contributed by atoms with Crippen molar-refractivity contribution in [2.75, 3.05) is 29.7 Å². The standard InChI is InChI=1S/C14H23N3O2S/c1-3-17(14-7-5-4-6-13(14)15)20(18,19)16-10-8-12(2)9-11-16/h4-7,12H,3,8-11,15H2,1-2H3. The minimum Gasteiger partial charge on any atom is -0.397 e. The van der Waals surface area contributed by atoms with Gasteiger partial charge in [-0.05, 0) is 37.8 Å². The monoisotopic (exact) mass is 297 g/mol. The van der Waals surface area contributed by atoms with E-state index in [1.54, 1.807) is 16.4 Å². The second kappa shape index (κ2) is 6.01. The minimum absolute atomic E-state index is 0.378. The summed E-state index contributed by atoms with van der Waals surface area (Å²) in [5, 5.41) is 0. The molecule has 1 aromatic rings. The highest BCUT2D eigenvalue weighted by Gasteiger charge is 2.32. The topological polar surface area (TPSA) is 66.6 Å². The van der Waals surface area contributed by atoms with E-state index in [9.17, 15) is 8.42 Å². The van der Waals surface area contributed by atoms with Crippen LogP contribution < -0.4 is 10.0 Å². The molecule has 2 rings (SSSR count). The summed E-state index contributed by atoms with van der Waals surface area (Å²) in [6.45, 7) is 5.55. The molecule has 0 atom stereocenters. The minimum atomic E-state index is -3.49. The molecule has 2 N–H and O–H groups in total. The fourth-order valence-electron chi connectivity index (χ4n) is 2.53. The van der Waals surface area contributed by atoms with Gasteiger partial charge in [0.1, 0.15) is 0 Å². The zero-order valence-electron chi connectivity index (χ0n) is 12.1. The maximum atomic E-state index is 12.8. The molecule has 0 bridgehead atoms.